The average molecular weight is 440 g/mol. The van der Waals surface area contributed by atoms with Crippen molar-refractivity contribution in [3.8, 4) is 17.2 Å². The number of aliphatic hydroxyl groups excluding tert-OH is 1. The number of carbonyl (C=O) groups excluding carboxylic acids is 1. The van der Waals surface area contributed by atoms with Crippen LogP contribution < -0.4 is 14.4 Å². The van der Waals surface area contributed by atoms with E-state index in [1.165, 1.54) is 0 Å². The van der Waals surface area contributed by atoms with Crippen LogP contribution in [-0.4, -0.2) is 40.6 Å². The Morgan fingerprint density at radius 1 is 1.16 bits per heavy atom. The summed E-state index contributed by atoms with van der Waals surface area (Å²) in [5.41, 5.74) is 2.83. The Labute approximate surface area is 184 Å². The molecule has 8 heteroatoms. The molecule has 1 amide bonds. The number of ether oxygens (including phenoxy) is 2. The highest BCUT2D eigenvalue weighted by atomic mass is 35.5. The number of aromatic nitrogens is 2. The molecular weight excluding hydrogens is 418 g/mol. The molecule has 1 aromatic heterocycles. The Balaban J connectivity index is 1.33. The molecule has 5 rings (SSSR count). The molecule has 160 valence electrons. The molecule has 1 fully saturated rings. The molecule has 1 aliphatic carbocycles. The average Bonchev–Trinajstić information content (AvgIpc) is 3.48. The van der Waals surface area contributed by atoms with E-state index >= 15 is 0 Å². The molecule has 0 saturated heterocycles. The Morgan fingerprint density at radius 3 is 2.58 bits per heavy atom. The van der Waals surface area contributed by atoms with Crippen LogP contribution >= 0.6 is 11.6 Å². The van der Waals surface area contributed by atoms with Crippen molar-refractivity contribution in [2.45, 2.75) is 25.5 Å². The summed E-state index contributed by atoms with van der Waals surface area (Å²) < 4.78 is 12.9. The van der Waals surface area contributed by atoms with Crippen LogP contribution in [0.4, 0.5) is 5.69 Å². The van der Waals surface area contributed by atoms with Crippen LogP contribution in [-0.2, 0) is 6.54 Å². The predicted octanol–water partition coefficient (Wildman–Crippen LogP) is 3.84. The quantitative estimate of drug-likeness (QED) is 0.605. The van der Waals surface area contributed by atoms with Crippen LogP contribution in [0.2, 0.25) is 5.02 Å². The van der Waals surface area contributed by atoms with Gasteiger partial charge in [-0.1, -0.05) is 11.6 Å². The number of benzene rings is 2. The summed E-state index contributed by atoms with van der Waals surface area (Å²) in [5.74, 6) is 1.24. The van der Waals surface area contributed by atoms with Crippen molar-refractivity contribution in [2.75, 3.05) is 18.6 Å². The molecule has 0 bridgehead atoms. The zero-order valence-corrected chi connectivity index (χ0v) is 17.7. The van der Waals surface area contributed by atoms with E-state index in [9.17, 15) is 9.90 Å². The molecule has 1 atom stereocenters. The van der Waals surface area contributed by atoms with Gasteiger partial charge in [-0.15, -0.1) is 0 Å². The maximum Gasteiger partial charge on any atom is 0.279 e. The first-order valence-electron chi connectivity index (χ1n) is 10.2. The summed E-state index contributed by atoms with van der Waals surface area (Å²) in [4.78, 5) is 14.7. The van der Waals surface area contributed by atoms with Gasteiger partial charge in [-0.2, -0.15) is 5.10 Å². The minimum Gasteiger partial charge on any atom is -0.493 e. The lowest BCUT2D eigenvalue weighted by molar-refractivity contribution is 0.0880. The lowest BCUT2D eigenvalue weighted by atomic mass is 10.2. The van der Waals surface area contributed by atoms with Crippen molar-refractivity contribution in [1.82, 2.24) is 9.78 Å². The van der Waals surface area contributed by atoms with Gasteiger partial charge in [0.05, 0.1) is 25.4 Å². The van der Waals surface area contributed by atoms with Crippen LogP contribution in [0.25, 0.3) is 5.69 Å². The van der Waals surface area contributed by atoms with Crippen LogP contribution in [0, 0.1) is 5.92 Å². The molecule has 1 aliphatic heterocycles. The number of amides is 1. The molecule has 1 N–H and O–H groups in total. The Hall–Kier alpha value is -3.03. The third kappa shape index (κ3) is 3.86. The number of carbonyl (C=O) groups is 1. The van der Waals surface area contributed by atoms with E-state index in [1.54, 1.807) is 41.0 Å². The fourth-order valence-corrected chi connectivity index (χ4v) is 3.87. The molecule has 2 aromatic carbocycles. The van der Waals surface area contributed by atoms with Crippen LogP contribution in [0.1, 0.15) is 28.9 Å². The van der Waals surface area contributed by atoms with Gasteiger partial charge in [0.2, 0.25) is 0 Å². The van der Waals surface area contributed by atoms with Gasteiger partial charge in [-0.05, 0) is 55.2 Å². The number of aliphatic hydroxyl groups is 1. The molecule has 0 unspecified atom stereocenters. The maximum absolute atomic E-state index is 13.0. The van der Waals surface area contributed by atoms with Gasteiger partial charge in [0.25, 0.3) is 5.91 Å². The molecule has 3 aromatic rings. The van der Waals surface area contributed by atoms with Crippen molar-refractivity contribution < 1.29 is 19.4 Å². The van der Waals surface area contributed by atoms with E-state index < -0.39 is 6.10 Å². The summed E-state index contributed by atoms with van der Waals surface area (Å²) in [6.45, 7) is 0.652. The van der Waals surface area contributed by atoms with E-state index in [0.717, 1.165) is 24.1 Å². The highest BCUT2D eigenvalue weighted by Gasteiger charge is 2.33. The number of rotatable bonds is 7. The van der Waals surface area contributed by atoms with Crippen LogP contribution in [0.5, 0.6) is 11.5 Å². The first kappa shape index (κ1) is 19.9. The predicted molar refractivity (Wildman–Crippen MR) is 116 cm³/mol. The highest BCUT2D eigenvalue weighted by Crippen LogP contribution is 2.37. The summed E-state index contributed by atoms with van der Waals surface area (Å²) in [6, 6.07) is 12.7. The van der Waals surface area contributed by atoms with Gasteiger partial charge in [0, 0.05) is 28.5 Å². The minimum atomic E-state index is -0.461. The number of hydrogen-bond donors (Lipinski definition) is 1. The smallest absolute Gasteiger partial charge is 0.279 e. The van der Waals surface area contributed by atoms with E-state index in [2.05, 4.69) is 5.10 Å². The molecule has 2 aliphatic rings. The monoisotopic (exact) mass is 439 g/mol. The molecule has 31 heavy (non-hydrogen) atoms. The number of methoxy groups -OCH3 is 1. The Kier molecular flexibility index (Phi) is 5.08. The van der Waals surface area contributed by atoms with Crippen molar-refractivity contribution in [2.24, 2.45) is 5.92 Å². The van der Waals surface area contributed by atoms with Gasteiger partial charge >= 0.3 is 0 Å². The number of halogens is 1. The van der Waals surface area contributed by atoms with E-state index in [0.29, 0.717) is 40.4 Å². The van der Waals surface area contributed by atoms with E-state index in [4.69, 9.17) is 21.1 Å². The maximum atomic E-state index is 13.0. The molecule has 7 nitrogen and oxygen atoms in total. The molecule has 2 heterocycles. The summed E-state index contributed by atoms with van der Waals surface area (Å²) in [6.07, 6.45) is 3.50. The first-order valence-corrected chi connectivity index (χ1v) is 10.6. The minimum absolute atomic E-state index is 0.164. The van der Waals surface area contributed by atoms with Crippen LogP contribution in [0.15, 0.2) is 48.7 Å². The Bertz CT molecular complexity index is 1120. The normalized spacial score (nSPS) is 16.4. The number of nitrogens with zero attached hydrogens (tertiary/aromatic N) is 3. The van der Waals surface area contributed by atoms with Gasteiger partial charge in [-0.3, -0.25) is 4.79 Å². The number of fused-ring (bicyclic) bond motifs is 1. The number of anilines is 1. The molecular formula is C23H22ClN3O4. The second kappa shape index (κ2) is 7.90. The largest absolute Gasteiger partial charge is 0.493 e. The van der Waals surface area contributed by atoms with Gasteiger partial charge < -0.3 is 19.5 Å². The second-order valence-corrected chi connectivity index (χ2v) is 8.30. The van der Waals surface area contributed by atoms with Crippen LogP contribution in [0.3, 0.4) is 0 Å². The highest BCUT2D eigenvalue weighted by molar-refractivity contribution is 6.30. The second-order valence-electron chi connectivity index (χ2n) is 7.87. The molecule has 0 radical (unpaired) electrons. The van der Waals surface area contributed by atoms with Gasteiger partial charge in [0.15, 0.2) is 17.2 Å². The van der Waals surface area contributed by atoms with Crippen molar-refractivity contribution in [1.29, 1.82) is 0 Å². The fraction of sp³-hybridized carbons (Fsp3) is 0.304. The topological polar surface area (TPSA) is 76.8 Å². The summed E-state index contributed by atoms with van der Waals surface area (Å²) >= 11 is 5.95. The molecule has 0 spiro atoms. The zero-order valence-electron chi connectivity index (χ0n) is 17.0. The van der Waals surface area contributed by atoms with Gasteiger partial charge in [0.1, 0.15) is 6.61 Å². The zero-order chi connectivity index (χ0) is 21.5. The molecule has 1 saturated carbocycles. The Morgan fingerprint density at radius 2 is 1.90 bits per heavy atom. The summed E-state index contributed by atoms with van der Waals surface area (Å²) in [5, 5.41) is 15.2. The lowest BCUT2D eigenvalue weighted by Crippen LogP contribution is -2.24. The van der Waals surface area contributed by atoms with Gasteiger partial charge in [-0.25, -0.2) is 4.68 Å². The first-order chi connectivity index (χ1) is 15.0. The van der Waals surface area contributed by atoms with Crippen molar-refractivity contribution >= 4 is 23.2 Å². The number of hydrogen-bond acceptors (Lipinski definition) is 5. The third-order valence-electron chi connectivity index (χ3n) is 5.69. The van der Waals surface area contributed by atoms with Crippen molar-refractivity contribution in [3.05, 3.63) is 64.9 Å². The summed E-state index contributed by atoms with van der Waals surface area (Å²) in [7, 11) is 1.56. The fourth-order valence-electron chi connectivity index (χ4n) is 3.75. The van der Waals surface area contributed by atoms with E-state index in [-0.39, 0.29) is 12.5 Å². The van der Waals surface area contributed by atoms with E-state index in [1.807, 2.05) is 24.4 Å². The lowest BCUT2D eigenvalue weighted by Gasteiger charge is -2.19. The SMILES string of the molecule is COc1cc(N2Cc3cn(-c4ccc(Cl)cc4)nc3C2=O)ccc1OC[C@H](O)C1CC1. The third-order valence-corrected chi connectivity index (χ3v) is 5.94. The standard InChI is InChI=1S/C23H22ClN3O4/c1-30-21-10-18(8-9-20(21)31-13-19(28)14-2-3-14)26-11-15-12-27(25-22(15)23(26)29)17-6-4-16(24)5-7-17/h4-10,12,14,19,28H,2-3,11,13H2,1H3/t19-/m0/s1. The van der Waals surface area contributed by atoms with Crippen molar-refractivity contribution in [3.63, 3.8) is 0 Å².